The first kappa shape index (κ1) is 22.9. The van der Waals surface area contributed by atoms with Crippen LogP contribution >= 0.6 is 0 Å². The number of unbranched alkanes of at least 4 members (excludes halogenated alkanes) is 14. The molecule has 0 saturated carbocycles. The molecule has 0 aliphatic rings. The van der Waals surface area contributed by atoms with Crippen molar-refractivity contribution in [1.82, 2.24) is 5.48 Å². The van der Waals surface area contributed by atoms with Crippen molar-refractivity contribution in [2.24, 2.45) is 0 Å². The van der Waals surface area contributed by atoms with Crippen LogP contribution < -0.4 is 5.48 Å². The zero-order chi connectivity index (χ0) is 17.9. The summed E-state index contributed by atoms with van der Waals surface area (Å²) in [4.78, 5) is 21.2. The van der Waals surface area contributed by atoms with E-state index in [2.05, 4.69) is 0 Å². The molecule has 24 heavy (non-hydrogen) atoms. The molecule has 0 aliphatic carbocycles. The van der Waals surface area contributed by atoms with Gasteiger partial charge in [0.1, 0.15) is 0 Å². The molecule has 0 unspecified atom stereocenters. The van der Waals surface area contributed by atoms with Gasteiger partial charge in [-0.2, -0.15) is 0 Å². The zero-order valence-electron chi connectivity index (χ0n) is 15.2. The molecule has 3 N–H and O–H groups in total. The maximum Gasteiger partial charge on any atom is 0.303 e. The van der Waals surface area contributed by atoms with Gasteiger partial charge in [0.05, 0.1) is 0 Å². The van der Waals surface area contributed by atoms with E-state index in [0.29, 0.717) is 12.8 Å². The Bertz CT molecular complexity index is 308. The minimum absolute atomic E-state index is 0.282. The summed E-state index contributed by atoms with van der Waals surface area (Å²) < 4.78 is 0. The van der Waals surface area contributed by atoms with Gasteiger partial charge in [-0.1, -0.05) is 83.5 Å². The molecule has 1 amide bonds. The molecule has 0 aliphatic heterocycles. The Morgan fingerprint density at radius 3 is 1.12 bits per heavy atom. The second-order valence-corrected chi connectivity index (χ2v) is 6.73. The highest BCUT2D eigenvalue weighted by Crippen LogP contribution is 2.14. The van der Waals surface area contributed by atoms with E-state index in [1.165, 1.54) is 70.6 Å². The average Bonchev–Trinajstić information content (AvgIpc) is 2.57. The molecular formula is C19H37NO4. The summed E-state index contributed by atoms with van der Waals surface area (Å²) >= 11 is 0. The molecule has 0 aromatic heterocycles. The highest BCUT2D eigenvalue weighted by Gasteiger charge is 1.99. The third-order valence-corrected chi connectivity index (χ3v) is 4.42. The molecule has 5 heteroatoms. The van der Waals surface area contributed by atoms with Gasteiger partial charge in [-0.05, 0) is 12.8 Å². The fourth-order valence-corrected chi connectivity index (χ4v) is 2.92. The third kappa shape index (κ3) is 18.9. The van der Waals surface area contributed by atoms with E-state index < -0.39 is 5.97 Å². The Labute approximate surface area is 147 Å². The van der Waals surface area contributed by atoms with Crippen LogP contribution in [-0.2, 0) is 9.59 Å². The topological polar surface area (TPSA) is 86.6 Å². The van der Waals surface area contributed by atoms with Gasteiger partial charge in [0, 0.05) is 12.8 Å². The number of aliphatic carboxylic acids is 1. The predicted molar refractivity (Wildman–Crippen MR) is 96.1 cm³/mol. The third-order valence-electron chi connectivity index (χ3n) is 4.42. The van der Waals surface area contributed by atoms with Gasteiger partial charge in [0.25, 0.3) is 0 Å². The van der Waals surface area contributed by atoms with E-state index >= 15 is 0 Å². The van der Waals surface area contributed by atoms with E-state index in [9.17, 15) is 9.59 Å². The van der Waals surface area contributed by atoms with Gasteiger partial charge in [0.15, 0.2) is 0 Å². The SMILES string of the molecule is O=C(O)CCCCCCCCCCCCCCCCCC(=O)NO. The molecule has 5 nitrogen and oxygen atoms in total. The summed E-state index contributed by atoms with van der Waals surface area (Å²) in [7, 11) is 0. The van der Waals surface area contributed by atoms with E-state index in [1.807, 2.05) is 0 Å². The van der Waals surface area contributed by atoms with Crippen molar-refractivity contribution < 1.29 is 19.9 Å². The van der Waals surface area contributed by atoms with Gasteiger partial charge in [-0.3, -0.25) is 14.8 Å². The maximum absolute atomic E-state index is 10.8. The van der Waals surface area contributed by atoms with Crippen LogP contribution in [0.3, 0.4) is 0 Å². The number of carbonyl (C=O) groups is 2. The Hall–Kier alpha value is -1.10. The van der Waals surface area contributed by atoms with E-state index in [1.54, 1.807) is 5.48 Å². The first-order valence-corrected chi connectivity index (χ1v) is 9.81. The number of carboxylic acid groups (broad SMARTS) is 1. The first-order chi connectivity index (χ1) is 11.7. The van der Waals surface area contributed by atoms with Gasteiger partial charge < -0.3 is 5.11 Å². The molecular weight excluding hydrogens is 306 g/mol. The molecule has 0 radical (unpaired) electrons. The van der Waals surface area contributed by atoms with Gasteiger partial charge in [-0.15, -0.1) is 0 Å². The number of hydrogen-bond donors (Lipinski definition) is 3. The zero-order valence-corrected chi connectivity index (χ0v) is 15.2. The molecule has 0 aromatic rings. The summed E-state index contributed by atoms with van der Waals surface area (Å²) in [5.41, 5.74) is 1.66. The molecule has 142 valence electrons. The number of hydroxylamine groups is 1. The van der Waals surface area contributed by atoms with Gasteiger partial charge >= 0.3 is 5.97 Å². The van der Waals surface area contributed by atoms with Crippen LogP contribution in [0.2, 0.25) is 0 Å². The summed E-state index contributed by atoms with van der Waals surface area (Å²) in [5, 5.41) is 16.9. The van der Waals surface area contributed by atoms with Crippen LogP contribution in [-0.4, -0.2) is 22.2 Å². The van der Waals surface area contributed by atoms with Crippen LogP contribution in [0.1, 0.15) is 109 Å². The predicted octanol–water partition coefficient (Wildman–Crippen LogP) is 5.21. The second-order valence-electron chi connectivity index (χ2n) is 6.73. The lowest BCUT2D eigenvalue weighted by Crippen LogP contribution is -2.17. The number of nitrogens with one attached hydrogen (secondary N) is 1. The fourth-order valence-electron chi connectivity index (χ4n) is 2.92. The summed E-state index contributed by atoms with van der Waals surface area (Å²) in [5.74, 6) is -0.959. The first-order valence-electron chi connectivity index (χ1n) is 9.81. The largest absolute Gasteiger partial charge is 0.481 e. The van der Waals surface area contributed by atoms with Crippen LogP contribution in [0, 0.1) is 0 Å². The van der Waals surface area contributed by atoms with Crippen molar-refractivity contribution in [3.05, 3.63) is 0 Å². The van der Waals surface area contributed by atoms with Crippen LogP contribution in [0.25, 0.3) is 0 Å². The Morgan fingerprint density at radius 2 is 0.833 bits per heavy atom. The maximum atomic E-state index is 10.8. The molecule has 0 rings (SSSR count). The summed E-state index contributed by atoms with van der Waals surface area (Å²) in [6, 6.07) is 0. The summed E-state index contributed by atoms with van der Waals surface area (Å²) in [6.45, 7) is 0. The monoisotopic (exact) mass is 343 g/mol. The molecule has 0 aromatic carbocycles. The van der Waals surface area contributed by atoms with Crippen molar-refractivity contribution >= 4 is 11.9 Å². The number of rotatable bonds is 18. The van der Waals surface area contributed by atoms with Crippen LogP contribution in [0.5, 0.6) is 0 Å². The van der Waals surface area contributed by atoms with E-state index in [-0.39, 0.29) is 5.91 Å². The normalized spacial score (nSPS) is 10.7. The lowest BCUT2D eigenvalue weighted by molar-refractivity contribution is -0.137. The van der Waals surface area contributed by atoms with Crippen molar-refractivity contribution in [2.75, 3.05) is 0 Å². The lowest BCUT2D eigenvalue weighted by atomic mass is 10.0. The minimum atomic E-state index is -0.677. The molecule has 0 atom stereocenters. The molecule has 0 spiro atoms. The van der Waals surface area contributed by atoms with Crippen molar-refractivity contribution in [3.63, 3.8) is 0 Å². The standard InChI is InChI=1S/C19H37NO4/c21-18(20-24)16-14-12-10-8-6-4-2-1-3-5-7-9-11-13-15-17-19(22)23/h24H,1-17H2,(H,20,21)(H,22,23). The van der Waals surface area contributed by atoms with Gasteiger partial charge in [0.2, 0.25) is 5.91 Å². The molecule has 0 saturated heterocycles. The quantitative estimate of drug-likeness (QED) is 0.181. The van der Waals surface area contributed by atoms with Crippen LogP contribution in [0.15, 0.2) is 0 Å². The van der Waals surface area contributed by atoms with Crippen LogP contribution in [0.4, 0.5) is 0 Å². The number of amides is 1. The Balaban J connectivity index is 3.03. The minimum Gasteiger partial charge on any atom is -0.481 e. The molecule has 0 heterocycles. The van der Waals surface area contributed by atoms with Crippen molar-refractivity contribution in [2.45, 2.75) is 109 Å². The Morgan fingerprint density at radius 1 is 0.542 bits per heavy atom. The van der Waals surface area contributed by atoms with Crippen molar-refractivity contribution in [3.8, 4) is 0 Å². The fraction of sp³-hybridized carbons (Fsp3) is 0.895. The summed E-state index contributed by atoms with van der Waals surface area (Å²) in [6.07, 6.45) is 18.6. The Kier molecular flexibility index (Phi) is 17.4. The number of carbonyl (C=O) groups excluding carboxylic acids is 1. The van der Waals surface area contributed by atoms with Gasteiger partial charge in [-0.25, -0.2) is 5.48 Å². The number of carboxylic acids is 1. The van der Waals surface area contributed by atoms with E-state index in [4.69, 9.17) is 10.3 Å². The van der Waals surface area contributed by atoms with Crippen molar-refractivity contribution in [1.29, 1.82) is 0 Å². The van der Waals surface area contributed by atoms with E-state index in [0.717, 1.165) is 25.7 Å². The second kappa shape index (κ2) is 18.2. The molecule has 0 bridgehead atoms. The smallest absolute Gasteiger partial charge is 0.303 e. The number of hydrogen-bond acceptors (Lipinski definition) is 3. The lowest BCUT2D eigenvalue weighted by Gasteiger charge is -2.03. The molecule has 0 fully saturated rings. The average molecular weight is 344 g/mol. The highest BCUT2D eigenvalue weighted by atomic mass is 16.5. The highest BCUT2D eigenvalue weighted by molar-refractivity contribution is 5.74.